The molecule has 21 heavy (non-hydrogen) atoms. The van der Waals surface area contributed by atoms with Crippen molar-refractivity contribution in [3.05, 3.63) is 24.0 Å². The Hall–Kier alpha value is -1.29. The lowest BCUT2D eigenvalue weighted by Crippen LogP contribution is -2.41. The normalized spacial score (nSPS) is 18.8. The van der Waals surface area contributed by atoms with Gasteiger partial charge in [0.25, 0.3) is 0 Å². The van der Waals surface area contributed by atoms with Gasteiger partial charge in [-0.05, 0) is 37.8 Å². The molecule has 0 aromatic carbocycles. The second kappa shape index (κ2) is 7.64. The standard InChI is InChI=1S/C17H28N2O2/c1-3-5-7-14(4-2)18-12-9-15(10-13-18)19-11-6-8-16(19)17(20)21/h6,8,11,14-15H,3-5,7,9-10,12-13H2,1-2H3,(H,20,21). The maximum atomic E-state index is 11.2. The van der Waals surface area contributed by atoms with Crippen molar-refractivity contribution in [3.8, 4) is 0 Å². The van der Waals surface area contributed by atoms with Crippen LogP contribution in [-0.2, 0) is 0 Å². The van der Waals surface area contributed by atoms with Crippen LogP contribution >= 0.6 is 0 Å². The van der Waals surface area contributed by atoms with Gasteiger partial charge in [-0.15, -0.1) is 0 Å². The molecule has 0 radical (unpaired) electrons. The van der Waals surface area contributed by atoms with E-state index in [2.05, 4.69) is 18.7 Å². The summed E-state index contributed by atoms with van der Waals surface area (Å²) in [7, 11) is 0. The molecule has 1 N–H and O–H groups in total. The van der Waals surface area contributed by atoms with Crippen molar-refractivity contribution in [1.29, 1.82) is 0 Å². The number of likely N-dealkylation sites (tertiary alicyclic amines) is 1. The van der Waals surface area contributed by atoms with Crippen LogP contribution in [0.4, 0.5) is 0 Å². The second-order valence-corrected chi connectivity index (χ2v) is 6.08. The third kappa shape index (κ3) is 3.88. The summed E-state index contributed by atoms with van der Waals surface area (Å²) in [6.07, 6.45) is 9.10. The van der Waals surface area contributed by atoms with Crippen LogP contribution in [0.15, 0.2) is 18.3 Å². The van der Waals surface area contributed by atoms with E-state index >= 15 is 0 Å². The number of carboxylic acids is 1. The summed E-state index contributed by atoms with van der Waals surface area (Å²) in [6, 6.07) is 4.58. The van der Waals surface area contributed by atoms with E-state index in [9.17, 15) is 9.90 Å². The van der Waals surface area contributed by atoms with Gasteiger partial charge in [-0.1, -0.05) is 26.7 Å². The SMILES string of the molecule is CCCCC(CC)N1CCC(n2cccc2C(=O)O)CC1. The first-order chi connectivity index (χ1) is 10.2. The topological polar surface area (TPSA) is 45.5 Å². The Balaban J connectivity index is 1.93. The molecule has 1 aliphatic rings. The predicted molar refractivity (Wildman–Crippen MR) is 84.8 cm³/mol. The molecular weight excluding hydrogens is 264 g/mol. The summed E-state index contributed by atoms with van der Waals surface area (Å²) in [5.74, 6) is -0.822. The number of rotatable bonds is 7. The van der Waals surface area contributed by atoms with Gasteiger partial charge < -0.3 is 14.6 Å². The van der Waals surface area contributed by atoms with E-state index in [4.69, 9.17) is 0 Å². The molecule has 1 atom stereocenters. The summed E-state index contributed by atoms with van der Waals surface area (Å²) in [4.78, 5) is 13.8. The van der Waals surface area contributed by atoms with Gasteiger partial charge in [0.05, 0.1) is 0 Å². The number of piperidine rings is 1. The number of aromatic carboxylic acids is 1. The zero-order valence-corrected chi connectivity index (χ0v) is 13.3. The summed E-state index contributed by atoms with van der Waals surface area (Å²) in [6.45, 7) is 6.70. The Morgan fingerprint density at radius 2 is 2.10 bits per heavy atom. The van der Waals surface area contributed by atoms with E-state index in [0.29, 0.717) is 17.8 Å². The minimum absolute atomic E-state index is 0.339. The fraction of sp³-hybridized carbons (Fsp3) is 0.706. The van der Waals surface area contributed by atoms with E-state index in [-0.39, 0.29) is 0 Å². The first kappa shape index (κ1) is 16.1. The van der Waals surface area contributed by atoms with Gasteiger partial charge in [-0.2, -0.15) is 0 Å². The molecular formula is C17H28N2O2. The molecule has 118 valence electrons. The maximum absolute atomic E-state index is 11.2. The number of hydrogen-bond acceptors (Lipinski definition) is 2. The first-order valence-electron chi connectivity index (χ1n) is 8.31. The number of carboxylic acid groups (broad SMARTS) is 1. The van der Waals surface area contributed by atoms with E-state index in [0.717, 1.165) is 25.9 Å². The van der Waals surface area contributed by atoms with E-state index in [1.165, 1.54) is 25.7 Å². The smallest absolute Gasteiger partial charge is 0.352 e. The molecule has 1 aliphatic heterocycles. The van der Waals surface area contributed by atoms with E-state index in [1.54, 1.807) is 6.07 Å². The van der Waals surface area contributed by atoms with Crippen molar-refractivity contribution in [2.75, 3.05) is 13.1 Å². The van der Waals surface area contributed by atoms with Gasteiger partial charge >= 0.3 is 5.97 Å². The molecule has 4 nitrogen and oxygen atoms in total. The lowest BCUT2D eigenvalue weighted by molar-refractivity contribution is 0.0674. The Morgan fingerprint density at radius 3 is 2.67 bits per heavy atom. The van der Waals surface area contributed by atoms with Gasteiger partial charge in [0.2, 0.25) is 0 Å². The van der Waals surface area contributed by atoms with Crippen molar-refractivity contribution < 1.29 is 9.90 Å². The molecule has 1 fully saturated rings. The van der Waals surface area contributed by atoms with Crippen LogP contribution in [0, 0.1) is 0 Å². The van der Waals surface area contributed by atoms with Crippen LogP contribution in [0.3, 0.4) is 0 Å². The van der Waals surface area contributed by atoms with Crippen LogP contribution in [0.1, 0.15) is 68.9 Å². The average molecular weight is 292 g/mol. The number of hydrogen-bond donors (Lipinski definition) is 1. The Morgan fingerprint density at radius 1 is 1.38 bits per heavy atom. The molecule has 0 amide bonds. The third-order valence-corrected chi connectivity index (χ3v) is 4.77. The molecule has 0 aliphatic carbocycles. The fourth-order valence-corrected chi connectivity index (χ4v) is 3.51. The molecule has 1 aromatic rings. The summed E-state index contributed by atoms with van der Waals surface area (Å²) in [5.41, 5.74) is 0.423. The highest BCUT2D eigenvalue weighted by molar-refractivity contribution is 5.85. The second-order valence-electron chi connectivity index (χ2n) is 6.08. The van der Waals surface area contributed by atoms with Gasteiger partial charge in [-0.3, -0.25) is 0 Å². The Labute approximate surface area is 127 Å². The van der Waals surface area contributed by atoms with Crippen molar-refractivity contribution in [1.82, 2.24) is 9.47 Å². The minimum Gasteiger partial charge on any atom is -0.477 e. The Kier molecular flexibility index (Phi) is 5.85. The Bertz CT molecular complexity index is 447. The fourth-order valence-electron chi connectivity index (χ4n) is 3.51. The largest absolute Gasteiger partial charge is 0.477 e. The van der Waals surface area contributed by atoms with Crippen LogP contribution in [0.25, 0.3) is 0 Å². The van der Waals surface area contributed by atoms with E-state index in [1.807, 2.05) is 16.8 Å². The maximum Gasteiger partial charge on any atom is 0.352 e. The summed E-state index contributed by atoms with van der Waals surface area (Å²) in [5, 5.41) is 9.23. The molecule has 0 bridgehead atoms. The number of nitrogens with zero attached hydrogens (tertiary/aromatic N) is 2. The molecule has 1 aromatic heterocycles. The van der Waals surface area contributed by atoms with Gasteiger partial charge in [0.15, 0.2) is 0 Å². The van der Waals surface area contributed by atoms with Crippen molar-refractivity contribution in [2.24, 2.45) is 0 Å². The summed E-state index contributed by atoms with van der Waals surface area (Å²) >= 11 is 0. The molecule has 1 saturated heterocycles. The van der Waals surface area contributed by atoms with Crippen molar-refractivity contribution in [2.45, 2.75) is 64.5 Å². The highest BCUT2D eigenvalue weighted by Crippen LogP contribution is 2.27. The van der Waals surface area contributed by atoms with Gasteiger partial charge in [-0.25, -0.2) is 4.79 Å². The molecule has 1 unspecified atom stereocenters. The van der Waals surface area contributed by atoms with Gasteiger partial charge in [0, 0.05) is 31.4 Å². The van der Waals surface area contributed by atoms with E-state index < -0.39 is 5.97 Å². The van der Waals surface area contributed by atoms with Crippen molar-refractivity contribution in [3.63, 3.8) is 0 Å². The van der Waals surface area contributed by atoms with Crippen LogP contribution in [-0.4, -0.2) is 39.7 Å². The van der Waals surface area contributed by atoms with Crippen LogP contribution in [0.5, 0.6) is 0 Å². The molecule has 4 heteroatoms. The zero-order valence-electron chi connectivity index (χ0n) is 13.3. The first-order valence-corrected chi connectivity index (χ1v) is 8.31. The minimum atomic E-state index is -0.822. The summed E-state index contributed by atoms with van der Waals surface area (Å²) < 4.78 is 1.95. The molecule has 0 saturated carbocycles. The number of unbranched alkanes of at least 4 members (excludes halogenated alkanes) is 1. The monoisotopic (exact) mass is 292 g/mol. The predicted octanol–water partition coefficient (Wildman–Crippen LogP) is 3.79. The average Bonchev–Trinajstić information content (AvgIpc) is 2.98. The zero-order chi connectivity index (χ0) is 15.2. The molecule has 2 rings (SSSR count). The molecule has 0 spiro atoms. The van der Waals surface area contributed by atoms with Crippen molar-refractivity contribution >= 4 is 5.97 Å². The highest BCUT2D eigenvalue weighted by Gasteiger charge is 2.26. The number of aromatic nitrogens is 1. The lowest BCUT2D eigenvalue weighted by atomic mass is 9.99. The quantitative estimate of drug-likeness (QED) is 0.831. The molecule has 2 heterocycles. The van der Waals surface area contributed by atoms with Gasteiger partial charge in [0.1, 0.15) is 5.69 Å². The number of carbonyl (C=O) groups is 1. The van der Waals surface area contributed by atoms with Crippen LogP contribution < -0.4 is 0 Å². The lowest BCUT2D eigenvalue weighted by Gasteiger charge is -2.38. The third-order valence-electron chi connectivity index (χ3n) is 4.77. The van der Waals surface area contributed by atoms with Crippen LogP contribution in [0.2, 0.25) is 0 Å². The highest BCUT2D eigenvalue weighted by atomic mass is 16.4.